The molecule has 0 saturated carbocycles. The molecule has 0 spiro atoms. The number of hydrogen-bond acceptors (Lipinski definition) is 3. The summed E-state index contributed by atoms with van der Waals surface area (Å²) in [6, 6.07) is 0. The third-order valence-corrected chi connectivity index (χ3v) is 3.04. The molecule has 1 aliphatic rings. The van der Waals surface area contributed by atoms with E-state index in [2.05, 4.69) is 10.2 Å². The monoisotopic (exact) mass is 255 g/mol. The van der Waals surface area contributed by atoms with E-state index in [0.29, 0.717) is 13.1 Å². The summed E-state index contributed by atoms with van der Waals surface area (Å²) >= 11 is 0. The first kappa shape index (κ1) is 15.0. The van der Waals surface area contributed by atoms with Gasteiger partial charge >= 0.3 is 0 Å². The smallest absolute Gasteiger partial charge is 0.234 e. The molecule has 18 heavy (non-hydrogen) atoms. The van der Waals surface area contributed by atoms with Crippen LogP contribution in [0.15, 0.2) is 0 Å². The number of amides is 2. The molecule has 0 atom stereocenters. The lowest BCUT2D eigenvalue weighted by molar-refractivity contribution is -0.141. The zero-order valence-electron chi connectivity index (χ0n) is 12.0. The van der Waals surface area contributed by atoms with E-state index < -0.39 is 0 Å². The van der Waals surface area contributed by atoms with Crippen LogP contribution in [0, 0.1) is 5.41 Å². The summed E-state index contributed by atoms with van der Waals surface area (Å²) in [4.78, 5) is 27.5. The van der Waals surface area contributed by atoms with Gasteiger partial charge in [-0.15, -0.1) is 0 Å². The predicted molar refractivity (Wildman–Crippen MR) is 71.2 cm³/mol. The van der Waals surface area contributed by atoms with Crippen molar-refractivity contribution in [2.75, 3.05) is 39.3 Å². The van der Waals surface area contributed by atoms with E-state index in [-0.39, 0.29) is 17.2 Å². The van der Waals surface area contributed by atoms with Crippen LogP contribution in [0.3, 0.4) is 0 Å². The molecule has 0 aromatic carbocycles. The van der Waals surface area contributed by atoms with E-state index in [1.54, 1.807) is 0 Å². The molecule has 0 radical (unpaired) electrons. The van der Waals surface area contributed by atoms with Gasteiger partial charge < -0.3 is 10.2 Å². The highest BCUT2D eigenvalue weighted by Crippen LogP contribution is 2.18. The maximum absolute atomic E-state index is 12.1. The first-order valence-electron chi connectivity index (χ1n) is 6.63. The van der Waals surface area contributed by atoms with Gasteiger partial charge in [0.05, 0.1) is 6.54 Å². The SMILES string of the molecule is CCNC(=O)CN1CCN(C(=O)C(C)(C)C)CC1. The molecule has 1 N–H and O–H groups in total. The molecule has 2 amide bonds. The molecule has 1 heterocycles. The summed E-state index contributed by atoms with van der Waals surface area (Å²) in [6.45, 7) is 11.8. The lowest BCUT2D eigenvalue weighted by Gasteiger charge is -2.37. The quantitative estimate of drug-likeness (QED) is 0.790. The summed E-state index contributed by atoms with van der Waals surface area (Å²) < 4.78 is 0. The summed E-state index contributed by atoms with van der Waals surface area (Å²) in [6.07, 6.45) is 0. The number of carbonyl (C=O) groups excluding carboxylic acids is 2. The Labute approximate surface area is 110 Å². The number of rotatable bonds is 3. The molecule has 1 rings (SSSR count). The minimum atomic E-state index is -0.318. The Hall–Kier alpha value is -1.10. The zero-order chi connectivity index (χ0) is 13.8. The van der Waals surface area contributed by atoms with E-state index in [9.17, 15) is 9.59 Å². The number of hydrogen-bond donors (Lipinski definition) is 1. The molecule has 5 heteroatoms. The van der Waals surface area contributed by atoms with Gasteiger partial charge in [-0.2, -0.15) is 0 Å². The Morgan fingerprint density at radius 1 is 1.11 bits per heavy atom. The van der Waals surface area contributed by atoms with Crippen molar-refractivity contribution in [3.8, 4) is 0 Å². The highest BCUT2D eigenvalue weighted by Gasteiger charge is 2.29. The molecule has 1 aliphatic heterocycles. The number of nitrogens with one attached hydrogen (secondary N) is 1. The van der Waals surface area contributed by atoms with Crippen molar-refractivity contribution in [1.82, 2.24) is 15.1 Å². The third-order valence-electron chi connectivity index (χ3n) is 3.04. The van der Waals surface area contributed by atoms with E-state index in [1.165, 1.54) is 0 Å². The predicted octanol–water partition coefficient (Wildman–Crippen LogP) is 0.313. The standard InChI is InChI=1S/C13H25N3O2/c1-5-14-11(17)10-15-6-8-16(9-7-15)12(18)13(2,3)4/h5-10H2,1-4H3,(H,14,17). The van der Waals surface area contributed by atoms with E-state index in [0.717, 1.165) is 26.2 Å². The average molecular weight is 255 g/mol. The lowest BCUT2D eigenvalue weighted by Crippen LogP contribution is -2.53. The van der Waals surface area contributed by atoms with Crippen molar-refractivity contribution in [3.63, 3.8) is 0 Å². The Kier molecular flexibility index (Phi) is 5.14. The van der Waals surface area contributed by atoms with Crippen LogP contribution in [0.25, 0.3) is 0 Å². The van der Waals surface area contributed by atoms with E-state index in [4.69, 9.17) is 0 Å². The fourth-order valence-corrected chi connectivity index (χ4v) is 2.04. The van der Waals surface area contributed by atoms with Crippen molar-refractivity contribution in [1.29, 1.82) is 0 Å². The number of carbonyl (C=O) groups is 2. The third kappa shape index (κ3) is 4.29. The second kappa shape index (κ2) is 6.18. The normalized spacial score (nSPS) is 17.7. The van der Waals surface area contributed by atoms with Crippen LogP contribution in [-0.4, -0.2) is 60.9 Å². The molecule has 0 bridgehead atoms. The molecule has 0 aromatic heterocycles. The highest BCUT2D eigenvalue weighted by molar-refractivity contribution is 5.81. The van der Waals surface area contributed by atoms with Crippen molar-refractivity contribution in [3.05, 3.63) is 0 Å². The summed E-state index contributed by atoms with van der Waals surface area (Å²) in [7, 11) is 0. The van der Waals surface area contributed by atoms with Crippen LogP contribution in [0.2, 0.25) is 0 Å². The maximum atomic E-state index is 12.1. The summed E-state index contributed by atoms with van der Waals surface area (Å²) in [5.74, 6) is 0.258. The van der Waals surface area contributed by atoms with Gasteiger partial charge in [-0.05, 0) is 6.92 Å². The van der Waals surface area contributed by atoms with E-state index >= 15 is 0 Å². The van der Waals surface area contributed by atoms with Crippen LogP contribution in [0.5, 0.6) is 0 Å². The molecule has 5 nitrogen and oxygen atoms in total. The molecular weight excluding hydrogens is 230 g/mol. The zero-order valence-corrected chi connectivity index (χ0v) is 12.0. The fraction of sp³-hybridized carbons (Fsp3) is 0.846. The van der Waals surface area contributed by atoms with Gasteiger partial charge in [0.15, 0.2) is 0 Å². The van der Waals surface area contributed by atoms with Gasteiger partial charge in [0, 0.05) is 38.1 Å². The molecule has 104 valence electrons. The number of likely N-dealkylation sites (N-methyl/N-ethyl adjacent to an activating group) is 1. The summed E-state index contributed by atoms with van der Waals surface area (Å²) in [5, 5.41) is 2.79. The van der Waals surface area contributed by atoms with Crippen LogP contribution in [0.4, 0.5) is 0 Å². The van der Waals surface area contributed by atoms with E-state index in [1.807, 2.05) is 32.6 Å². The molecule has 1 saturated heterocycles. The number of nitrogens with zero attached hydrogens (tertiary/aromatic N) is 2. The first-order valence-corrected chi connectivity index (χ1v) is 6.63. The maximum Gasteiger partial charge on any atom is 0.234 e. The molecule has 0 aliphatic carbocycles. The molecule has 0 unspecified atom stereocenters. The van der Waals surface area contributed by atoms with Gasteiger partial charge in [-0.3, -0.25) is 14.5 Å². The van der Waals surface area contributed by atoms with Crippen molar-refractivity contribution < 1.29 is 9.59 Å². The molecular formula is C13H25N3O2. The largest absolute Gasteiger partial charge is 0.355 e. The van der Waals surface area contributed by atoms with Crippen molar-refractivity contribution >= 4 is 11.8 Å². The van der Waals surface area contributed by atoms with Crippen molar-refractivity contribution in [2.24, 2.45) is 5.41 Å². The molecule has 0 aromatic rings. The first-order chi connectivity index (χ1) is 8.34. The minimum Gasteiger partial charge on any atom is -0.355 e. The van der Waals surface area contributed by atoms with Crippen LogP contribution in [-0.2, 0) is 9.59 Å². The Morgan fingerprint density at radius 3 is 2.11 bits per heavy atom. The van der Waals surface area contributed by atoms with Crippen molar-refractivity contribution in [2.45, 2.75) is 27.7 Å². The van der Waals surface area contributed by atoms with Crippen LogP contribution >= 0.6 is 0 Å². The lowest BCUT2D eigenvalue weighted by atomic mass is 9.94. The highest BCUT2D eigenvalue weighted by atomic mass is 16.2. The Balaban J connectivity index is 2.37. The van der Waals surface area contributed by atoms with Gasteiger partial charge in [0.25, 0.3) is 0 Å². The minimum absolute atomic E-state index is 0.0631. The van der Waals surface area contributed by atoms with Crippen LogP contribution in [0.1, 0.15) is 27.7 Å². The average Bonchev–Trinajstić information content (AvgIpc) is 2.28. The van der Waals surface area contributed by atoms with Gasteiger partial charge in [-0.25, -0.2) is 0 Å². The summed E-state index contributed by atoms with van der Waals surface area (Å²) in [5.41, 5.74) is -0.318. The fourth-order valence-electron chi connectivity index (χ4n) is 2.04. The Bertz CT molecular complexity index is 302. The van der Waals surface area contributed by atoms with Gasteiger partial charge in [0.2, 0.25) is 11.8 Å². The second-order valence-corrected chi connectivity index (χ2v) is 5.77. The van der Waals surface area contributed by atoms with Gasteiger partial charge in [-0.1, -0.05) is 20.8 Å². The van der Waals surface area contributed by atoms with Gasteiger partial charge in [0.1, 0.15) is 0 Å². The topological polar surface area (TPSA) is 52.7 Å². The second-order valence-electron chi connectivity index (χ2n) is 5.77. The van der Waals surface area contributed by atoms with Crippen LogP contribution < -0.4 is 5.32 Å². The Morgan fingerprint density at radius 2 is 1.67 bits per heavy atom. The number of piperazine rings is 1. The molecule has 1 fully saturated rings.